The van der Waals surface area contributed by atoms with E-state index in [4.69, 9.17) is 18.9 Å². The van der Waals surface area contributed by atoms with Crippen LogP contribution >= 0.6 is 0 Å². The van der Waals surface area contributed by atoms with Gasteiger partial charge in [0.05, 0.1) is 0 Å². The number of aromatic nitrogens is 2. The number of nitrogens with zero attached hydrogens (tertiary/aromatic N) is 6. The number of ether oxygens (including phenoxy) is 4. The second-order valence-electron chi connectivity index (χ2n) is 21.7. The molecule has 18 heteroatoms. The van der Waals surface area contributed by atoms with Gasteiger partial charge in [0.25, 0.3) is 23.6 Å². The fourth-order valence-corrected chi connectivity index (χ4v) is 9.10. The number of aryl methyl sites for hydroxylation is 1. The molecule has 1 saturated heterocycles. The highest BCUT2D eigenvalue weighted by Gasteiger charge is 2.43. The van der Waals surface area contributed by atoms with Crippen molar-refractivity contribution < 1.29 is 57.3 Å². The van der Waals surface area contributed by atoms with Crippen molar-refractivity contribution in [1.29, 1.82) is 0 Å². The summed E-state index contributed by atoms with van der Waals surface area (Å²) >= 11 is 0. The molecule has 18 nitrogen and oxygen atoms in total. The van der Waals surface area contributed by atoms with Crippen molar-refractivity contribution in [3.63, 3.8) is 0 Å². The first kappa shape index (κ1) is 61.0. The molecular weight excluding hydrogens is 961 g/mol. The maximum atomic E-state index is 14.9. The molecule has 1 aliphatic heterocycles. The third-order valence-electron chi connectivity index (χ3n) is 13.5. The molecule has 0 unspecified atom stereocenters. The summed E-state index contributed by atoms with van der Waals surface area (Å²) in [7, 11) is 7.43. The summed E-state index contributed by atoms with van der Waals surface area (Å²) in [5.74, 6) is -7.26. The Kier molecular flexibility index (Phi) is 22.6. The summed E-state index contributed by atoms with van der Waals surface area (Å²) in [6, 6.07) is 13.2. The van der Waals surface area contributed by atoms with Gasteiger partial charge >= 0.3 is 23.9 Å². The van der Waals surface area contributed by atoms with Crippen molar-refractivity contribution in [3.8, 4) is 0 Å². The molecule has 0 saturated carbocycles. The number of cyclic esters (lactones) is 4. The number of benzene rings is 2. The number of hydrogen-bond acceptors (Lipinski definition) is 13. The van der Waals surface area contributed by atoms with Gasteiger partial charge in [0.1, 0.15) is 24.2 Å². The summed E-state index contributed by atoms with van der Waals surface area (Å²) in [6.45, 7) is 17.6. The van der Waals surface area contributed by atoms with E-state index in [1.807, 2.05) is 92.8 Å². The molecule has 75 heavy (non-hydrogen) atoms. The molecule has 1 aliphatic rings. The van der Waals surface area contributed by atoms with Gasteiger partial charge in [-0.2, -0.15) is 5.10 Å². The Balaban J connectivity index is 1.86. The van der Waals surface area contributed by atoms with E-state index >= 15 is 0 Å². The molecule has 4 rings (SSSR count). The number of carbonyl (C=O) groups excluding carboxylic acids is 8. The minimum atomic E-state index is -1.52. The molecule has 4 amide bonds. The molecule has 0 spiro atoms. The zero-order chi connectivity index (χ0) is 56.0. The van der Waals surface area contributed by atoms with E-state index in [0.717, 1.165) is 30.9 Å². The summed E-state index contributed by atoms with van der Waals surface area (Å²) in [4.78, 5) is 121. The molecule has 412 valence electrons. The minimum absolute atomic E-state index is 0.0876. The van der Waals surface area contributed by atoms with Crippen molar-refractivity contribution in [3.05, 3.63) is 89.2 Å². The maximum absolute atomic E-state index is 14.9. The zero-order valence-electron chi connectivity index (χ0n) is 46.8. The Morgan fingerprint density at radius 2 is 0.747 bits per heavy atom. The molecule has 0 N–H and O–H groups in total. The Morgan fingerprint density at radius 3 is 1.08 bits per heavy atom. The topological polar surface area (TPSA) is 204 Å². The predicted molar refractivity (Wildman–Crippen MR) is 281 cm³/mol. The van der Waals surface area contributed by atoms with Gasteiger partial charge in [0.2, 0.25) is 0 Å². The lowest BCUT2D eigenvalue weighted by Gasteiger charge is -2.35. The van der Waals surface area contributed by atoms with Crippen LogP contribution in [0.2, 0.25) is 0 Å². The van der Waals surface area contributed by atoms with Crippen LogP contribution in [0.5, 0.6) is 0 Å². The molecule has 2 heterocycles. The van der Waals surface area contributed by atoms with Gasteiger partial charge in [0.15, 0.2) is 24.4 Å². The Bertz CT molecular complexity index is 2400. The highest BCUT2D eigenvalue weighted by molar-refractivity contribution is 5.94. The van der Waals surface area contributed by atoms with Crippen LogP contribution in [0.3, 0.4) is 0 Å². The lowest BCUT2D eigenvalue weighted by molar-refractivity contribution is -0.176. The van der Waals surface area contributed by atoms with E-state index in [0.29, 0.717) is 17.5 Å². The lowest BCUT2D eigenvalue weighted by atomic mass is 9.99. The maximum Gasteiger partial charge on any atom is 0.329 e. The predicted octanol–water partition coefficient (Wildman–Crippen LogP) is 5.99. The van der Waals surface area contributed by atoms with Crippen molar-refractivity contribution in [2.24, 2.45) is 30.7 Å². The second kappa shape index (κ2) is 27.8. The summed E-state index contributed by atoms with van der Waals surface area (Å²) < 4.78 is 25.8. The molecule has 1 aromatic heterocycles. The zero-order valence-corrected chi connectivity index (χ0v) is 46.8. The van der Waals surface area contributed by atoms with E-state index in [-0.39, 0.29) is 62.2 Å². The molecule has 1 fully saturated rings. The number of rotatable bonds is 14. The average molecular weight is 1040 g/mol. The number of carbonyl (C=O) groups is 8. The summed E-state index contributed by atoms with van der Waals surface area (Å²) in [5, 5.41) is 4.25. The average Bonchev–Trinajstić information content (AvgIpc) is 3.76. The lowest BCUT2D eigenvalue weighted by Crippen LogP contribution is -2.55. The number of likely N-dealkylation sites (N-methyl/N-ethyl adjacent to an activating group) is 4. The van der Waals surface area contributed by atoms with Crippen molar-refractivity contribution in [2.45, 2.75) is 163 Å². The normalized spacial score (nSPS) is 24.0. The van der Waals surface area contributed by atoms with Crippen LogP contribution in [0.25, 0.3) is 0 Å². The fraction of sp³-hybridized carbons (Fsp3) is 0.596. The van der Waals surface area contributed by atoms with Crippen LogP contribution < -0.4 is 0 Å². The van der Waals surface area contributed by atoms with Gasteiger partial charge in [0, 0.05) is 66.4 Å². The van der Waals surface area contributed by atoms with Crippen molar-refractivity contribution in [2.75, 3.05) is 28.2 Å². The largest absolute Gasteiger partial charge is 0.451 e. The number of esters is 4. The first-order valence-electron chi connectivity index (χ1n) is 26.2. The van der Waals surface area contributed by atoms with Crippen molar-refractivity contribution in [1.82, 2.24) is 29.4 Å². The van der Waals surface area contributed by atoms with Gasteiger partial charge in [-0.15, -0.1) is 0 Å². The molecule has 3 aromatic rings. The molecule has 2 aromatic carbocycles. The Hall–Kier alpha value is -6.59. The van der Waals surface area contributed by atoms with Crippen LogP contribution in [0.4, 0.5) is 0 Å². The first-order valence-corrected chi connectivity index (χ1v) is 26.2. The number of amides is 4. The third-order valence-corrected chi connectivity index (χ3v) is 13.5. The van der Waals surface area contributed by atoms with Crippen LogP contribution in [-0.4, -0.2) is 154 Å². The van der Waals surface area contributed by atoms with E-state index in [9.17, 15) is 38.4 Å². The van der Waals surface area contributed by atoms with E-state index in [1.54, 1.807) is 41.2 Å². The number of hydrogen-bond donors (Lipinski definition) is 0. The second-order valence-corrected chi connectivity index (χ2v) is 21.7. The molecule has 8 atom stereocenters. The molecule has 0 radical (unpaired) electrons. The highest BCUT2D eigenvalue weighted by atomic mass is 16.6. The van der Waals surface area contributed by atoms with Crippen LogP contribution in [0, 0.1) is 23.7 Å². The van der Waals surface area contributed by atoms with Crippen molar-refractivity contribution >= 4 is 47.5 Å². The SMILES string of the molecule is CC(C)C[C@H]1C(=O)O[C@H](Cc2ccc(Cc3ccnn3C)cc2)C(=O)N(C)[C@@H](CC(C)C)C(=O)O[C@H](C)C(=O)N(C)[C@@H](CC(C)C)C(=O)O[C@H](Cc2ccccc2)C(=O)N(C)[C@@H](CC(C)C)C(=O)O[C@H](C)C(=O)N1C. The molecule has 0 aliphatic carbocycles. The van der Waals surface area contributed by atoms with Gasteiger partial charge in [-0.3, -0.25) is 23.9 Å². The van der Waals surface area contributed by atoms with E-state index in [2.05, 4.69) is 5.10 Å². The summed E-state index contributed by atoms with van der Waals surface area (Å²) in [5.41, 5.74) is 3.22. The monoisotopic (exact) mass is 1040 g/mol. The minimum Gasteiger partial charge on any atom is -0.451 e. The van der Waals surface area contributed by atoms with E-state index in [1.165, 1.54) is 42.0 Å². The van der Waals surface area contributed by atoms with Crippen LogP contribution in [0.15, 0.2) is 66.9 Å². The van der Waals surface area contributed by atoms with Gasteiger partial charge in [-0.25, -0.2) is 19.2 Å². The molecule has 0 bridgehead atoms. The first-order chi connectivity index (χ1) is 35.2. The highest BCUT2D eigenvalue weighted by Crippen LogP contribution is 2.24. The summed E-state index contributed by atoms with van der Waals surface area (Å²) in [6.07, 6.45) is -3.44. The van der Waals surface area contributed by atoms with E-state index < -0.39 is 96.1 Å². The van der Waals surface area contributed by atoms with Crippen LogP contribution in [-0.2, 0) is 83.6 Å². The third kappa shape index (κ3) is 17.2. The smallest absolute Gasteiger partial charge is 0.329 e. The van der Waals surface area contributed by atoms with Gasteiger partial charge < -0.3 is 38.5 Å². The molecular formula is C57H82N6O12. The standard InChI is InChI=1S/C57H82N6O12/c1-34(2)27-44-54(68)72-39(10)51(65)60(12)47(30-37(7)8)57(71)75-49(33-42-23-21-41(22-24-42)31-43-25-26-58-63(43)15)53(67)62(14)45(28-35(3)4)55(69)73-38(9)50(64)59(11)46(29-36(5)6)56(70)74-48(52(66)61(44)13)32-40-19-17-16-18-20-40/h16-26,34-39,44-49H,27-33H2,1-15H3/t38-,39-,44+,45+,46+,47+,48-,49-/m1/s1. The Morgan fingerprint density at radius 1 is 0.427 bits per heavy atom. The van der Waals surface area contributed by atoms with Gasteiger partial charge in [-0.1, -0.05) is 110 Å². The quantitative estimate of drug-likeness (QED) is 0.135. The fourth-order valence-electron chi connectivity index (χ4n) is 9.10. The van der Waals surface area contributed by atoms with Crippen LogP contribution in [0.1, 0.15) is 117 Å². The Labute approximate surface area is 443 Å². The van der Waals surface area contributed by atoms with Gasteiger partial charge in [-0.05, 0) is 86.0 Å².